The van der Waals surface area contributed by atoms with Gasteiger partial charge in [0.25, 0.3) is 5.56 Å². The number of hydrogen-bond acceptors (Lipinski definition) is 5. The molecule has 6 nitrogen and oxygen atoms in total. The summed E-state index contributed by atoms with van der Waals surface area (Å²) in [5, 5.41) is 0. The molecule has 3 aromatic heterocycles. The molecular weight excluding hydrogens is 310 g/mol. The van der Waals surface area contributed by atoms with Crippen molar-refractivity contribution in [2.45, 2.75) is 25.8 Å². The number of nitrogens with zero attached hydrogens (tertiary/aromatic N) is 5. The van der Waals surface area contributed by atoms with Gasteiger partial charge >= 0.3 is 0 Å². The van der Waals surface area contributed by atoms with Gasteiger partial charge in [0.05, 0.1) is 5.69 Å². The summed E-state index contributed by atoms with van der Waals surface area (Å²) in [7, 11) is 2.04. The molecule has 23 heavy (non-hydrogen) atoms. The Morgan fingerprint density at radius 2 is 2.30 bits per heavy atom. The monoisotopic (exact) mass is 329 g/mol. The Bertz CT molecular complexity index is 909. The van der Waals surface area contributed by atoms with Crippen LogP contribution in [0.15, 0.2) is 29.5 Å². The highest BCUT2D eigenvalue weighted by Gasteiger charge is 2.26. The third-order valence-electron chi connectivity index (χ3n) is 4.42. The number of fused-ring (bicyclic) bond motifs is 1. The first-order valence-electron chi connectivity index (χ1n) is 7.78. The standard InChI is InChI=1S/C16H19N5OS/c1-11-8-21-14(22)7-13(18-16(21)23-11)10-20-5-3-12(9-20)15-17-4-6-19(15)2/h4,6-8,12H,3,5,9-10H2,1-2H3. The molecule has 0 aliphatic carbocycles. The Morgan fingerprint density at radius 1 is 1.43 bits per heavy atom. The quantitative estimate of drug-likeness (QED) is 0.735. The summed E-state index contributed by atoms with van der Waals surface area (Å²) < 4.78 is 3.73. The fourth-order valence-corrected chi connectivity index (χ4v) is 4.18. The molecule has 0 saturated carbocycles. The molecule has 7 heteroatoms. The summed E-state index contributed by atoms with van der Waals surface area (Å²) in [4.78, 5) is 25.5. The van der Waals surface area contributed by atoms with Gasteiger partial charge in [-0.1, -0.05) is 0 Å². The van der Waals surface area contributed by atoms with Gasteiger partial charge in [0.2, 0.25) is 0 Å². The van der Waals surface area contributed by atoms with Gasteiger partial charge in [0.1, 0.15) is 5.82 Å². The molecule has 1 atom stereocenters. The normalized spacial score (nSPS) is 19.0. The first kappa shape index (κ1) is 14.6. The predicted octanol–water partition coefficient (Wildman–Crippen LogP) is 1.79. The average molecular weight is 329 g/mol. The van der Waals surface area contributed by atoms with E-state index in [9.17, 15) is 4.79 Å². The molecule has 1 fully saturated rings. The van der Waals surface area contributed by atoms with E-state index in [0.717, 1.165) is 47.4 Å². The minimum atomic E-state index is 0.00852. The predicted molar refractivity (Wildman–Crippen MR) is 89.9 cm³/mol. The zero-order valence-electron chi connectivity index (χ0n) is 13.3. The Labute approximate surface area is 138 Å². The minimum Gasteiger partial charge on any atom is -0.338 e. The molecule has 3 aromatic rings. The topological polar surface area (TPSA) is 55.4 Å². The van der Waals surface area contributed by atoms with Crippen molar-refractivity contribution in [3.8, 4) is 0 Å². The maximum atomic E-state index is 12.2. The summed E-state index contributed by atoms with van der Waals surface area (Å²) in [5.74, 6) is 1.61. The number of imidazole rings is 1. The van der Waals surface area contributed by atoms with Crippen molar-refractivity contribution in [2.24, 2.45) is 7.05 Å². The van der Waals surface area contributed by atoms with E-state index in [1.165, 1.54) is 0 Å². The lowest BCUT2D eigenvalue weighted by molar-refractivity contribution is 0.321. The van der Waals surface area contributed by atoms with Gasteiger partial charge < -0.3 is 4.57 Å². The SMILES string of the molecule is Cc1cn2c(=O)cc(CN3CCC(c4nccn4C)C3)nc2s1. The fraction of sp³-hybridized carbons (Fsp3) is 0.438. The second-order valence-corrected chi connectivity index (χ2v) is 7.41. The molecule has 4 heterocycles. The van der Waals surface area contributed by atoms with Crippen molar-refractivity contribution < 1.29 is 0 Å². The van der Waals surface area contributed by atoms with E-state index in [4.69, 9.17) is 0 Å². The van der Waals surface area contributed by atoms with E-state index in [-0.39, 0.29) is 5.56 Å². The molecule has 0 bridgehead atoms. The number of hydrogen-bond donors (Lipinski definition) is 0. The van der Waals surface area contributed by atoms with E-state index < -0.39 is 0 Å². The van der Waals surface area contributed by atoms with E-state index >= 15 is 0 Å². The van der Waals surface area contributed by atoms with E-state index in [1.54, 1.807) is 21.8 Å². The summed E-state index contributed by atoms with van der Waals surface area (Å²) in [6.45, 7) is 4.71. The van der Waals surface area contributed by atoms with Crippen molar-refractivity contribution in [1.29, 1.82) is 0 Å². The highest BCUT2D eigenvalue weighted by molar-refractivity contribution is 7.16. The maximum Gasteiger partial charge on any atom is 0.258 e. The van der Waals surface area contributed by atoms with Crippen molar-refractivity contribution >= 4 is 16.3 Å². The zero-order valence-corrected chi connectivity index (χ0v) is 14.1. The molecule has 0 aromatic carbocycles. The third kappa shape index (κ3) is 2.70. The fourth-order valence-electron chi connectivity index (χ4n) is 3.33. The minimum absolute atomic E-state index is 0.00852. The molecule has 1 unspecified atom stereocenters. The zero-order chi connectivity index (χ0) is 16.0. The molecule has 0 radical (unpaired) electrons. The summed E-state index contributed by atoms with van der Waals surface area (Å²) in [5.41, 5.74) is 0.867. The summed E-state index contributed by atoms with van der Waals surface area (Å²) in [6, 6.07) is 1.66. The van der Waals surface area contributed by atoms with Crippen LogP contribution in [0.4, 0.5) is 0 Å². The van der Waals surface area contributed by atoms with Crippen LogP contribution in [0.2, 0.25) is 0 Å². The van der Waals surface area contributed by atoms with Crippen molar-refractivity contribution in [2.75, 3.05) is 13.1 Å². The van der Waals surface area contributed by atoms with E-state index in [2.05, 4.69) is 19.4 Å². The largest absolute Gasteiger partial charge is 0.338 e. The van der Waals surface area contributed by atoms with Crippen LogP contribution in [0.1, 0.15) is 28.7 Å². The van der Waals surface area contributed by atoms with Gasteiger partial charge in [-0.2, -0.15) is 0 Å². The first-order valence-corrected chi connectivity index (χ1v) is 8.60. The van der Waals surface area contributed by atoms with Crippen LogP contribution in [0.3, 0.4) is 0 Å². The van der Waals surface area contributed by atoms with Gasteiger partial charge in [-0.3, -0.25) is 14.1 Å². The Balaban J connectivity index is 1.53. The molecule has 4 rings (SSSR count). The second-order valence-electron chi connectivity index (χ2n) is 6.20. The van der Waals surface area contributed by atoms with Crippen molar-refractivity contribution in [3.05, 3.63) is 51.4 Å². The highest BCUT2D eigenvalue weighted by Crippen LogP contribution is 2.26. The lowest BCUT2D eigenvalue weighted by Crippen LogP contribution is -2.23. The van der Waals surface area contributed by atoms with E-state index in [1.807, 2.05) is 32.6 Å². The molecular formula is C16H19N5OS. The first-order chi connectivity index (χ1) is 11.1. The summed E-state index contributed by atoms with van der Waals surface area (Å²) in [6.07, 6.45) is 6.80. The van der Waals surface area contributed by atoms with Crippen LogP contribution in [0, 0.1) is 6.92 Å². The van der Waals surface area contributed by atoms with Gasteiger partial charge in [-0.15, -0.1) is 11.3 Å². The average Bonchev–Trinajstić information content (AvgIpc) is 3.19. The van der Waals surface area contributed by atoms with Crippen LogP contribution in [-0.2, 0) is 13.6 Å². The molecule has 1 saturated heterocycles. The third-order valence-corrected chi connectivity index (χ3v) is 5.32. The van der Waals surface area contributed by atoms with Crippen LogP contribution >= 0.6 is 11.3 Å². The van der Waals surface area contributed by atoms with Crippen LogP contribution < -0.4 is 5.56 Å². The Morgan fingerprint density at radius 3 is 3.09 bits per heavy atom. The maximum absolute atomic E-state index is 12.2. The van der Waals surface area contributed by atoms with Gasteiger partial charge in [-0.25, -0.2) is 9.97 Å². The van der Waals surface area contributed by atoms with Gasteiger partial charge in [-0.05, 0) is 19.9 Å². The van der Waals surface area contributed by atoms with Crippen LogP contribution in [0.5, 0.6) is 0 Å². The number of rotatable bonds is 3. The van der Waals surface area contributed by atoms with Gasteiger partial charge in [0.15, 0.2) is 4.96 Å². The van der Waals surface area contributed by atoms with Crippen molar-refractivity contribution in [1.82, 2.24) is 23.8 Å². The number of aryl methyl sites for hydroxylation is 2. The smallest absolute Gasteiger partial charge is 0.258 e. The molecule has 1 aliphatic rings. The molecule has 0 spiro atoms. The second kappa shape index (κ2) is 5.58. The lowest BCUT2D eigenvalue weighted by Gasteiger charge is -2.15. The molecule has 1 aliphatic heterocycles. The van der Waals surface area contributed by atoms with Gasteiger partial charge in [0, 0.05) is 55.6 Å². The molecule has 0 amide bonds. The number of likely N-dealkylation sites (tertiary alicyclic amines) is 1. The molecule has 0 N–H and O–H groups in total. The highest BCUT2D eigenvalue weighted by atomic mass is 32.1. The van der Waals surface area contributed by atoms with Crippen molar-refractivity contribution in [3.63, 3.8) is 0 Å². The van der Waals surface area contributed by atoms with Crippen LogP contribution in [0.25, 0.3) is 4.96 Å². The Hall–Kier alpha value is -1.99. The van der Waals surface area contributed by atoms with E-state index in [0.29, 0.717) is 5.92 Å². The molecule has 120 valence electrons. The Kier molecular flexibility index (Phi) is 3.54. The number of thiazole rings is 1. The number of aromatic nitrogens is 4. The lowest BCUT2D eigenvalue weighted by atomic mass is 10.1. The van der Waals surface area contributed by atoms with Crippen LogP contribution in [-0.4, -0.2) is 36.9 Å². The summed E-state index contributed by atoms with van der Waals surface area (Å²) >= 11 is 1.56.